The molecule has 4 heterocycles. The van der Waals surface area contributed by atoms with E-state index in [-0.39, 0.29) is 25.0 Å². The molecule has 12 heteroatoms. The SMILES string of the molecule is CC(C)C[C@@H](CNC(=O)OC(C)(C)C)C(=O)N1CCN(c2ccc(-c3cc(OCC(C)(C)O)cn4ncc(C#N)c34)cn2)CC1. The number of piperazine rings is 1. The van der Waals surface area contributed by atoms with Crippen LogP contribution in [0.4, 0.5) is 10.6 Å². The Kier molecular flexibility index (Phi) is 10.2. The van der Waals surface area contributed by atoms with Crippen LogP contribution in [-0.4, -0.2) is 87.1 Å². The molecule has 1 atom stereocenters. The van der Waals surface area contributed by atoms with Crippen LogP contribution in [-0.2, 0) is 9.53 Å². The van der Waals surface area contributed by atoms with Gasteiger partial charge in [-0.1, -0.05) is 13.8 Å². The number of anilines is 1. The molecular formula is C33H45N7O5. The minimum absolute atomic E-state index is 0.0347. The third-order valence-electron chi connectivity index (χ3n) is 7.27. The number of fused-ring (bicyclic) bond motifs is 1. The second-order valence-corrected chi connectivity index (χ2v) is 13.6. The molecule has 0 aliphatic carbocycles. The van der Waals surface area contributed by atoms with Gasteiger partial charge in [0.25, 0.3) is 0 Å². The molecule has 2 amide bonds. The molecular weight excluding hydrogens is 574 g/mol. The topological polar surface area (TPSA) is 145 Å². The number of carbonyl (C=O) groups excluding carboxylic acids is 2. The molecule has 0 spiro atoms. The van der Waals surface area contributed by atoms with Gasteiger partial charge in [-0.3, -0.25) is 4.79 Å². The number of nitrogens with zero attached hydrogens (tertiary/aromatic N) is 6. The molecule has 0 unspecified atom stereocenters. The summed E-state index contributed by atoms with van der Waals surface area (Å²) < 4.78 is 12.8. The molecule has 4 rings (SSSR count). The van der Waals surface area contributed by atoms with Crippen LogP contribution >= 0.6 is 0 Å². The molecule has 242 valence electrons. The number of alkyl carbamates (subject to hydrolysis) is 1. The standard InChI is InChI=1S/C33H45N7O5/c1-22(2)14-24(18-36-31(42)45-32(3,4)5)30(41)39-12-10-38(11-13-39)28-9-8-23(17-35-28)27-15-26(44-21-33(6,7)43)20-40-29(27)25(16-34)19-37-40/h8-9,15,17,19-20,22,24,43H,10-14,18,21H2,1-7H3,(H,36,42)/t24-/m0/s1. The first-order chi connectivity index (χ1) is 21.1. The zero-order valence-corrected chi connectivity index (χ0v) is 27.3. The van der Waals surface area contributed by atoms with Gasteiger partial charge in [-0.05, 0) is 65.2 Å². The van der Waals surface area contributed by atoms with E-state index in [0.717, 1.165) is 16.9 Å². The fourth-order valence-corrected chi connectivity index (χ4v) is 5.25. The average molecular weight is 620 g/mol. The van der Waals surface area contributed by atoms with Crippen molar-refractivity contribution in [3.63, 3.8) is 0 Å². The maximum atomic E-state index is 13.5. The molecule has 0 bridgehead atoms. The zero-order chi connectivity index (χ0) is 32.9. The van der Waals surface area contributed by atoms with E-state index in [0.29, 0.717) is 55.3 Å². The molecule has 2 N–H and O–H groups in total. The second-order valence-electron chi connectivity index (χ2n) is 13.6. The highest BCUT2D eigenvalue weighted by Crippen LogP contribution is 2.32. The molecule has 1 aliphatic heterocycles. The molecule has 1 fully saturated rings. The minimum atomic E-state index is -1.01. The van der Waals surface area contributed by atoms with Gasteiger partial charge in [0.2, 0.25) is 5.91 Å². The summed E-state index contributed by atoms with van der Waals surface area (Å²) in [5, 5.41) is 26.9. The molecule has 0 saturated carbocycles. The molecule has 1 aliphatic rings. The molecule has 12 nitrogen and oxygen atoms in total. The van der Waals surface area contributed by atoms with E-state index in [1.54, 1.807) is 30.8 Å². The molecule has 0 aromatic carbocycles. The van der Waals surface area contributed by atoms with Crippen LogP contribution in [0.2, 0.25) is 0 Å². The summed E-state index contributed by atoms with van der Waals surface area (Å²) in [4.78, 5) is 34.4. The van der Waals surface area contributed by atoms with E-state index >= 15 is 0 Å². The van der Waals surface area contributed by atoms with E-state index in [1.165, 1.54) is 6.20 Å². The van der Waals surface area contributed by atoms with Crippen LogP contribution in [0.1, 0.15) is 60.5 Å². The lowest BCUT2D eigenvalue weighted by atomic mass is 9.95. The highest BCUT2D eigenvalue weighted by molar-refractivity contribution is 5.85. The van der Waals surface area contributed by atoms with Gasteiger partial charge in [-0.2, -0.15) is 10.4 Å². The number of nitrogens with one attached hydrogen (secondary N) is 1. The van der Waals surface area contributed by atoms with Gasteiger partial charge >= 0.3 is 6.09 Å². The number of nitriles is 1. The maximum absolute atomic E-state index is 13.5. The van der Waals surface area contributed by atoms with E-state index in [1.807, 2.05) is 43.9 Å². The normalized spacial score (nSPS) is 14.8. The van der Waals surface area contributed by atoms with Gasteiger partial charge in [0.15, 0.2) is 0 Å². The molecule has 45 heavy (non-hydrogen) atoms. The Balaban J connectivity index is 1.44. The van der Waals surface area contributed by atoms with Crippen molar-refractivity contribution in [3.05, 3.63) is 42.4 Å². The molecule has 0 radical (unpaired) electrons. The first-order valence-electron chi connectivity index (χ1n) is 15.4. The number of amides is 2. The Bertz CT molecular complexity index is 1520. The predicted octanol–water partition coefficient (Wildman–Crippen LogP) is 4.25. The monoisotopic (exact) mass is 619 g/mol. The Morgan fingerprint density at radius 3 is 2.40 bits per heavy atom. The Labute approximate surface area is 264 Å². The van der Waals surface area contributed by atoms with Gasteiger partial charge in [0.1, 0.15) is 29.8 Å². The fourth-order valence-electron chi connectivity index (χ4n) is 5.25. The van der Waals surface area contributed by atoms with Crippen molar-refractivity contribution >= 4 is 23.3 Å². The number of hydrogen-bond acceptors (Lipinski definition) is 9. The maximum Gasteiger partial charge on any atom is 0.407 e. The van der Waals surface area contributed by atoms with Crippen LogP contribution in [0.5, 0.6) is 5.75 Å². The lowest BCUT2D eigenvalue weighted by molar-refractivity contribution is -0.136. The average Bonchev–Trinajstić information content (AvgIpc) is 3.39. The summed E-state index contributed by atoms with van der Waals surface area (Å²) in [7, 11) is 0. The largest absolute Gasteiger partial charge is 0.489 e. The van der Waals surface area contributed by atoms with Gasteiger partial charge in [0, 0.05) is 50.0 Å². The van der Waals surface area contributed by atoms with Crippen LogP contribution < -0.4 is 15.0 Å². The number of carbonyl (C=O) groups is 2. The molecule has 3 aromatic rings. The van der Waals surface area contributed by atoms with Crippen molar-refractivity contribution in [3.8, 4) is 22.9 Å². The first-order valence-corrected chi connectivity index (χ1v) is 15.4. The molecule has 3 aromatic heterocycles. The highest BCUT2D eigenvalue weighted by Gasteiger charge is 2.29. The van der Waals surface area contributed by atoms with Crippen molar-refractivity contribution in [1.29, 1.82) is 5.26 Å². The van der Waals surface area contributed by atoms with E-state index in [9.17, 15) is 20.0 Å². The van der Waals surface area contributed by atoms with Crippen molar-refractivity contribution in [1.82, 2.24) is 24.8 Å². The smallest absolute Gasteiger partial charge is 0.407 e. The zero-order valence-electron chi connectivity index (χ0n) is 27.3. The predicted molar refractivity (Wildman–Crippen MR) is 171 cm³/mol. The summed E-state index contributed by atoms with van der Waals surface area (Å²) in [6, 6.07) is 7.91. The van der Waals surface area contributed by atoms with Gasteiger partial charge in [-0.25, -0.2) is 14.3 Å². The lowest BCUT2D eigenvalue weighted by Gasteiger charge is -2.37. The number of aliphatic hydroxyl groups is 1. The summed E-state index contributed by atoms with van der Waals surface area (Å²) in [5.74, 6) is 1.30. The summed E-state index contributed by atoms with van der Waals surface area (Å²) >= 11 is 0. The van der Waals surface area contributed by atoms with Crippen LogP contribution in [0.3, 0.4) is 0 Å². The van der Waals surface area contributed by atoms with E-state index in [2.05, 4.69) is 35.2 Å². The first kappa shape index (κ1) is 33.5. The van der Waals surface area contributed by atoms with Gasteiger partial charge in [-0.15, -0.1) is 0 Å². The van der Waals surface area contributed by atoms with Crippen LogP contribution in [0.25, 0.3) is 16.6 Å². The molecule has 1 saturated heterocycles. The fraction of sp³-hybridized carbons (Fsp3) is 0.545. The number of rotatable bonds is 10. The number of ether oxygens (including phenoxy) is 2. The number of pyridine rings is 2. The third-order valence-corrected chi connectivity index (χ3v) is 7.27. The third kappa shape index (κ3) is 9.08. The van der Waals surface area contributed by atoms with E-state index < -0.39 is 17.3 Å². The van der Waals surface area contributed by atoms with Crippen molar-refractivity contribution in [2.75, 3.05) is 44.2 Å². The van der Waals surface area contributed by atoms with Crippen molar-refractivity contribution in [2.45, 2.75) is 66.1 Å². The number of aromatic nitrogens is 3. The summed E-state index contributed by atoms with van der Waals surface area (Å²) in [6.07, 6.45) is 5.11. The lowest BCUT2D eigenvalue weighted by Crippen LogP contribution is -2.52. The Hall–Kier alpha value is -4.37. The van der Waals surface area contributed by atoms with Crippen LogP contribution in [0.15, 0.2) is 36.8 Å². The Morgan fingerprint density at radius 2 is 1.82 bits per heavy atom. The quantitative estimate of drug-likeness (QED) is 0.340. The second kappa shape index (κ2) is 13.7. The van der Waals surface area contributed by atoms with Crippen molar-refractivity contribution < 1.29 is 24.2 Å². The van der Waals surface area contributed by atoms with Gasteiger partial charge in [0.05, 0.1) is 35.0 Å². The highest BCUT2D eigenvalue weighted by atomic mass is 16.6. The van der Waals surface area contributed by atoms with Gasteiger partial charge < -0.3 is 29.7 Å². The summed E-state index contributed by atoms with van der Waals surface area (Å²) in [5.41, 5.74) is 0.987. The van der Waals surface area contributed by atoms with Crippen LogP contribution in [0, 0.1) is 23.2 Å². The minimum Gasteiger partial charge on any atom is -0.489 e. The Morgan fingerprint density at radius 1 is 1.11 bits per heavy atom. The van der Waals surface area contributed by atoms with Crippen molar-refractivity contribution in [2.24, 2.45) is 11.8 Å². The summed E-state index contributed by atoms with van der Waals surface area (Å²) in [6.45, 7) is 15.6. The number of hydrogen-bond donors (Lipinski definition) is 2. The van der Waals surface area contributed by atoms with E-state index in [4.69, 9.17) is 14.5 Å².